The third-order valence-corrected chi connectivity index (χ3v) is 2.04. The molecular formula is C11H16N2O2. The summed E-state index contributed by atoms with van der Waals surface area (Å²) in [6.07, 6.45) is 0. The second kappa shape index (κ2) is 5.46. The van der Waals surface area contributed by atoms with Crippen molar-refractivity contribution in [2.24, 2.45) is 0 Å². The molecule has 1 aromatic heterocycles. The van der Waals surface area contributed by atoms with Gasteiger partial charge in [-0.15, -0.1) is 0 Å². The molecule has 1 aromatic rings. The molecule has 1 heterocycles. The number of hydrogen-bond acceptors (Lipinski definition) is 3. The van der Waals surface area contributed by atoms with E-state index in [4.69, 9.17) is 4.74 Å². The highest BCUT2D eigenvalue weighted by molar-refractivity contribution is 5.77. The Morgan fingerprint density at radius 1 is 1.53 bits per heavy atom. The maximum Gasteiger partial charge on any atom is 0.248 e. The number of ether oxygens (including phenoxy) is 1. The van der Waals surface area contributed by atoms with E-state index in [1.165, 1.54) is 7.11 Å². The van der Waals surface area contributed by atoms with Crippen molar-refractivity contribution >= 4 is 5.91 Å². The number of methoxy groups -OCH3 is 1. The molecule has 0 saturated heterocycles. The summed E-state index contributed by atoms with van der Waals surface area (Å²) < 4.78 is 4.77. The standard InChI is InChI=1S/C11H16N2O2/c1-9-5-4-6-10(12-9)7-13(2)11(14)8-15-3/h4-6H,7-8H2,1-3H3. The minimum atomic E-state index is -0.0409. The summed E-state index contributed by atoms with van der Waals surface area (Å²) in [4.78, 5) is 17.3. The highest BCUT2D eigenvalue weighted by atomic mass is 16.5. The monoisotopic (exact) mass is 208 g/mol. The Bertz CT molecular complexity index is 339. The number of rotatable bonds is 4. The predicted octanol–water partition coefficient (Wildman–Crippen LogP) is 0.995. The van der Waals surface area contributed by atoms with Gasteiger partial charge in [0.25, 0.3) is 0 Å². The van der Waals surface area contributed by atoms with Crippen molar-refractivity contribution < 1.29 is 9.53 Å². The lowest BCUT2D eigenvalue weighted by Gasteiger charge is -2.16. The van der Waals surface area contributed by atoms with Crippen LogP contribution in [0.1, 0.15) is 11.4 Å². The molecule has 0 atom stereocenters. The van der Waals surface area contributed by atoms with Gasteiger partial charge in [-0.25, -0.2) is 0 Å². The Kier molecular flexibility index (Phi) is 4.24. The number of hydrogen-bond donors (Lipinski definition) is 0. The van der Waals surface area contributed by atoms with Crippen LogP contribution >= 0.6 is 0 Å². The van der Waals surface area contributed by atoms with Gasteiger partial charge in [-0.2, -0.15) is 0 Å². The first-order valence-electron chi connectivity index (χ1n) is 4.79. The molecule has 0 N–H and O–H groups in total. The van der Waals surface area contributed by atoms with Gasteiger partial charge in [-0.3, -0.25) is 9.78 Å². The van der Waals surface area contributed by atoms with Crippen LogP contribution in [0.25, 0.3) is 0 Å². The van der Waals surface area contributed by atoms with Gasteiger partial charge in [0.1, 0.15) is 6.61 Å². The summed E-state index contributed by atoms with van der Waals surface area (Å²) in [5.74, 6) is -0.0409. The Morgan fingerprint density at radius 2 is 2.27 bits per heavy atom. The van der Waals surface area contributed by atoms with E-state index in [0.29, 0.717) is 6.54 Å². The molecule has 0 aromatic carbocycles. The third kappa shape index (κ3) is 3.67. The summed E-state index contributed by atoms with van der Waals surface area (Å²) >= 11 is 0. The quantitative estimate of drug-likeness (QED) is 0.741. The van der Waals surface area contributed by atoms with Gasteiger partial charge in [0, 0.05) is 19.9 Å². The fourth-order valence-electron chi connectivity index (χ4n) is 1.25. The van der Waals surface area contributed by atoms with E-state index in [1.807, 2.05) is 25.1 Å². The lowest BCUT2D eigenvalue weighted by atomic mass is 10.3. The maximum absolute atomic E-state index is 11.4. The van der Waals surface area contributed by atoms with Crippen LogP contribution in [-0.2, 0) is 16.1 Å². The molecule has 15 heavy (non-hydrogen) atoms. The lowest BCUT2D eigenvalue weighted by Crippen LogP contribution is -2.29. The van der Waals surface area contributed by atoms with Gasteiger partial charge < -0.3 is 9.64 Å². The average molecular weight is 208 g/mol. The van der Waals surface area contributed by atoms with E-state index in [1.54, 1.807) is 11.9 Å². The van der Waals surface area contributed by atoms with Gasteiger partial charge in [0.15, 0.2) is 0 Å². The molecule has 0 radical (unpaired) electrons. The fraction of sp³-hybridized carbons (Fsp3) is 0.455. The Labute approximate surface area is 89.9 Å². The van der Waals surface area contributed by atoms with Crippen LogP contribution in [0.3, 0.4) is 0 Å². The number of likely N-dealkylation sites (N-methyl/N-ethyl adjacent to an activating group) is 1. The number of carbonyl (C=O) groups is 1. The van der Waals surface area contributed by atoms with E-state index in [-0.39, 0.29) is 12.5 Å². The second-order valence-corrected chi connectivity index (χ2v) is 3.45. The number of carbonyl (C=O) groups excluding carboxylic acids is 1. The first kappa shape index (κ1) is 11.7. The van der Waals surface area contributed by atoms with E-state index in [9.17, 15) is 4.79 Å². The predicted molar refractivity (Wildman–Crippen MR) is 57.3 cm³/mol. The molecule has 0 spiro atoms. The lowest BCUT2D eigenvalue weighted by molar-refractivity contribution is -0.134. The van der Waals surface area contributed by atoms with Gasteiger partial charge in [0.05, 0.1) is 12.2 Å². The summed E-state index contributed by atoms with van der Waals surface area (Å²) in [6.45, 7) is 2.56. The minimum absolute atomic E-state index is 0.0409. The molecule has 1 rings (SSSR count). The third-order valence-electron chi connectivity index (χ3n) is 2.04. The average Bonchev–Trinajstić information content (AvgIpc) is 2.18. The Morgan fingerprint density at radius 3 is 2.87 bits per heavy atom. The van der Waals surface area contributed by atoms with Crippen molar-refractivity contribution in [3.05, 3.63) is 29.6 Å². The molecule has 0 fully saturated rings. The van der Waals surface area contributed by atoms with Gasteiger partial charge in [-0.05, 0) is 19.1 Å². The summed E-state index contributed by atoms with van der Waals surface area (Å²) in [6, 6.07) is 5.77. The first-order valence-corrected chi connectivity index (χ1v) is 4.79. The molecule has 0 saturated carbocycles. The van der Waals surface area contributed by atoms with E-state index >= 15 is 0 Å². The maximum atomic E-state index is 11.4. The summed E-state index contributed by atoms with van der Waals surface area (Å²) in [5.41, 5.74) is 1.85. The molecule has 82 valence electrons. The number of nitrogens with zero attached hydrogens (tertiary/aromatic N) is 2. The van der Waals surface area contributed by atoms with E-state index in [2.05, 4.69) is 4.98 Å². The van der Waals surface area contributed by atoms with Crippen LogP contribution < -0.4 is 0 Å². The first-order chi connectivity index (χ1) is 7.13. The van der Waals surface area contributed by atoms with Crippen molar-refractivity contribution in [3.8, 4) is 0 Å². The van der Waals surface area contributed by atoms with Crippen molar-refractivity contribution in [1.82, 2.24) is 9.88 Å². The fourth-order valence-corrected chi connectivity index (χ4v) is 1.25. The van der Waals surface area contributed by atoms with E-state index < -0.39 is 0 Å². The van der Waals surface area contributed by atoms with E-state index in [0.717, 1.165) is 11.4 Å². The Hall–Kier alpha value is -1.42. The molecule has 0 bridgehead atoms. The zero-order chi connectivity index (χ0) is 11.3. The Balaban J connectivity index is 2.58. The molecule has 1 amide bonds. The van der Waals surface area contributed by atoms with Crippen LogP contribution in [0, 0.1) is 6.92 Å². The highest BCUT2D eigenvalue weighted by Gasteiger charge is 2.08. The number of aryl methyl sites for hydroxylation is 1. The largest absolute Gasteiger partial charge is 0.375 e. The van der Waals surface area contributed by atoms with Crippen LogP contribution in [0.15, 0.2) is 18.2 Å². The smallest absolute Gasteiger partial charge is 0.248 e. The van der Waals surface area contributed by atoms with Crippen molar-refractivity contribution in [3.63, 3.8) is 0 Å². The van der Waals surface area contributed by atoms with Crippen molar-refractivity contribution in [2.75, 3.05) is 20.8 Å². The molecule has 0 aliphatic carbocycles. The van der Waals surface area contributed by atoms with Gasteiger partial charge in [-0.1, -0.05) is 6.07 Å². The van der Waals surface area contributed by atoms with Crippen molar-refractivity contribution in [1.29, 1.82) is 0 Å². The molecule has 4 heteroatoms. The van der Waals surface area contributed by atoms with Crippen LogP contribution in [0.5, 0.6) is 0 Å². The highest BCUT2D eigenvalue weighted by Crippen LogP contribution is 2.01. The minimum Gasteiger partial charge on any atom is -0.375 e. The zero-order valence-electron chi connectivity index (χ0n) is 9.36. The second-order valence-electron chi connectivity index (χ2n) is 3.45. The van der Waals surface area contributed by atoms with Gasteiger partial charge >= 0.3 is 0 Å². The van der Waals surface area contributed by atoms with Crippen molar-refractivity contribution in [2.45, 2.75) is 13.5 Å². The molecule has 0 aliphatic rings. The number of pyridine rings is 1. The molecule has 0 unspecified atom stereocenters. The zero-order valence-corrected chi connectivity index (χ0v) is 9.36. The summed E-state index contributed by atoms with van der Waals surface area (Å²) in [5, 5.41) is 0. The molecule has 4 nitrogen and oxygen atoms in total. The summed E-state index contributed by atoms with van der Waals surface area (Å²) in [7, 11) is 3.25. The SMILES string of the molecule is COCC(=O)N(C)Cc1cccc(C)n1. The van der Waals surface area contributed by atoms with Crippen LogP contribution in [0.2, 0.25) is 0 Å². The number of aromatic nitrogens is 1. The molecular weight excluding hydrogens is 192 g/mol. The molecule has 0 aliphatic heterocycles. The van der Waals surface area contributed by atoms with Crippen LogP contribution in [-0.4, -0.2) is 36.6 Å². The van der Waals surface area contributed by atoms with Gasteiger partial charge in [0.2, 0.25) is 5.91 Å². The van der Waals surface area contributed by atoms with Crippen LogP contribution in [0.4, 0.5) is 0 Å². The normalized spacial score (nSPS) is 10.1. The topological polar surface area (TPSA) is 42.4 Å². The number of amides is 1.